The van der Waals surface area contributed by atoms with Crippen LogP contribution in [0.3, 0.4) is 0 Å². The van der Waals surface area contributed by atoms with E-state index in [0.29, 0.717) is 12.2 Å². The van der Waals surface area contributed by atoms with Crippen molar-refractivity contribution in [2.24, 2.45) is 0 Å². The molecule has 1 aromatic heterocycles. The normalized spacial score (nSPS) is 25.2. The van der Waals surface area contributed by atoms with Gasteiger partial charge in [-0.25, -0.2) is 0 Å². The molecule has 1 amide bonds. The first kappa shape index (κ1) is 16.9. The Morgan fingerprint density at radius 3 is 2.73 bits per heavy atom. The van der Waals surface area contributed by atoms with Gasteiger partial charge < -0.3 is 19.8 Å². The summed E-state index contributed by atoms with van der Waals surface area (Å²) in [5, 5.41) is 27.0. The molecule has 3 N–H and O–H groups in total. The van der Waals surface area contributed by atoms with Crippen LogP contribution < -0.4 is 0 Å². The van der Waals surface area contributed by atoms with E-state index in [-0.39, 0.29) is 19.1 Å². The van der Waals surface area contributed by atoms with Gasteiger partial charge in [0.15, 0.2) is 5.69 Å². The van der Waals surface area contributed by atoms with E-state index in [1.54, 1.807) is 4.90 Å². The van der Waals surface area contributed by atoms with E-state index in [9.17, 15) is 15.0 Å². The van der Waals surface area contributed by atoms with Crippen molar-refractivity contribution in [2.45, 2.75) is 51.9 Å². The minimum Gasteiger partial charge on any atom is -0.388 e. The fourth-order valence-corrected chi connectivity index (χ4v) is 2.82. The summed E-state index contributed by atoms with van der Waals surface area (Å²) in [6.07, 6.45) is -0.463. The molecule has 0 saturated carbocycles. The summed E-state index contributed by atoms with van der Waals surface area (Å²) in [5.41, 5.74) is 2.14. The summed E-state index contributed by atoms with van der Waals surface area (Å²) < 4.78 is 5.30. The third-order valence-corrected chi connectivity index (χ3v) is 4.16. The third-order valence-electron chi connectivity index (χ3n) is 4.16. The van der Waals surface area contributed by atoms with Gasteiger partial charge >= 0.3 is 0 Å². The molecule has 2 rings (SSSR count). The lowest BCUT2D eigenvalue weighted by Gasteiger charge is -2.39. The first-order chi connectivity index (χ1) is 10.5. The topological polar surface area (TPSA) is 98.7 Å². The van der Waals surface area contributed by atoms with E-state index >= 15 is 0 Å². The van der Waals surface area contributed by atoms with Gasteiger partial charge in [0.2, 0.25) is 0 Å². The second-order valence-corrected chi connectivity index (χ2v) is 5.69. The van der Waals surface area contributed by atoms with E-state index in [4.69, 9.17) is 4.74 Å². The zero-order chi connectivity index (χ0) is 16.3. The van der Waals surface area contributed by atoms with Gasteiger partial charge in [0.05, 0.1) is 19.3 Å². The zero-order valence-corrected chi connectivity index (χ0v) is 13.4. The number of aliphatic hydroxyl groups excluding tert-OH is 2. The number of nitrogens with zero attached hydrogens (tertiary/aromatic N) is 2. The summed E-state index contributed by atoms with van der Waals surface area (Å²) in [5.74, 6) is -0.239. The maximum absolute atomic E-state index is 12.8. The lowest BCUT2D eigenvalue weighted by atomic mass is 10.0. The van der Waals surface area contributed by atoms with Gasteiger partial charge in [-0.2, -0.15) is 5.10 Å². The minimum atomic E-state index is -1.01. The van der Waals surface area contributed by atoms with Crippen LogP contribution in [0.4, 0.5) is 0 Å². The smallest absolute Gasteiger partial charge is 0.275 e. The van der Waals surface area contributed by atoms with Crippen molar-refractivity contribution >= 4 is 5.91 Å². The Morgan fingerprint density at radius 2 is 2.14 bits per heavy atom. The van der Waals surface area contributed by atoms with Crippen molar-refractivity contribution < 1.29 is 19.7 Å². The number of rotatable bonds is 5. The molecule has 1 saturated heterocycles. The number of carbonyl (C=O) groups is 1. The second-order valence-electron chi connectivity index (χ2n) is 5.69. The van der Waals surface area contributed by atoms with Gasteiger partial charge in [-0.3, -0.25) is 9.89 Å². The fraction of sp³-hybridized carbons (Fsp3) is 0.733. The number of aromatic nitrogens is 2. The number of H-pyrrole nitrogens is 1. The molecule has 0 radical (unpaired) electrons. The Labute approximate surface area is 130 Å². The maximum atomic E-state index is 12.8. The molecule has 22 heavy (non-hydrogen) atoms. The van der Waals surface area contributed by atoms with E-state index in [2.05, 4.69) is 10.2 Å². The highest BCUT2D eigenvalue weighted by molar-refractivity contribution is 5.94. The minimum absolute atomic E-state index is 0.0905. The van der Waals surface area contributed by atoms with Crippen LogP contribution in [0.1, 0.15) is 42.0 Å². The van der Waals surface area contributed by atoms with Gasteiger partial charge in [0.25, 0.3) is 5.91 Å². The lowest BCUT2D eigenvalue weighted by Crippen LogP contribution is -2.57. The molecule has 2 heterocycles. The fourth-order valence-electron chi connectivity index (χ4n) is 2.82. The van der Waals surface area contributed by atoms with Crippen molar-refractivity contribution in [2.75, 3.05) is 19.8 Å². The number of hydrogen-bond donors (Lipinski definition) is 3. The molecule has 1 aliphatic rings. The van der Waals surface area contributed by atoms with Crippen LogP contribution in [-0.4, -0.2) is 69.2 Å². The van der Waals surface area contributed by atoms with Crippen molar-refractivity contribution in [3.05, 3.63) is 17.0 Å². The highest BCUT2D eigenvalue weighted by Crippen LogP contribution is 2.20. The van der Waals surface area contributed by atoms with E-state index in [1.165, 1.54) is 0 Å². The lowest BCUT2D eigenvalue weighted by molar-refractivity contribution is -0.125. The van der Waals surface area contributed by atoms with Crippen LogP contribution in [0.15, 0.2) is 0 Å². The number of nitrogens with one attached hydrogen (secondary N) is 1. The van der Waals surface area contributed by atoms with Crippen LogP contribution >= 0.6 is 0 Å². The standard InChI is InChI=1S/C15H25N3O4/c1-4-6-18(11-7-22-8-12(19)14(11)20)15(21)13-9(3)10(5-2)16-17-13/h11-12,14,19-20H,4-8H2,1-3H3,(H,16,17)/t11-,12-,14+/m1/s1. The van der Waals surface area contributed by atoms with Crippen LogP contribution in [0.5, 0.6) is 0 Å². The molecule has 7 nitrogen and oxygen atoms in total. The average Bonchev–Trinajstić information content (AvgIpc) is 2.88. The SMILES string of the molecule is CCCN(C(=O)c1n[nH]c(CC)c1C)[C@@H]1COC[C@@H](O)[C@H]1O. The zero-order valence-electron chi connectivity index (χ0n) is 13.4. The predicted molar refractivity (Wildman–Crippen MR) is 80.7 cm³/mol. The van der Waals surface area contributed by atoms with Crippen molar-refractivity contribution in [1.29, 1.82) is 0 Å². The summed E-state index contributed by atoms with van der Waals surface area (Å²) in [7, 11) is 0. The molecule has 0 aromatic carbocycles. The van der Waals surface area contributed by atoms with Crippen LogP contribution in [-0.2, 0) is 11.2 Å². The molecule has 124 valence electrons. The molecule has 0 unspecified atom stereocenters. The number of aryl methyl sites for hydroxylation is 1. The Hall–Kier alpha value is -1.44. The number of ether oxygens (including phenoxy) is 1. The van der Waals surface area contributed by atoms with Crippen molar-refractivity contribution in [3.8, 4) is 0 Å². The molecular formula is C15H25N3O4. The third kappa shape index (κ3) is 3.16. The van der Waals surface area contributed by atoms with Gasteiger partial charge in [-0.05, 0) is 19.8 Å². The summed E-state index contributed by atoms with van der Waals surface area (Å²) in [6.45, 7) is 6.60. The molecule has 7 heteroatoms. The van der Waals surface area contributed by atoms with E-state index in [0.717, 1.165) is 24.1 Å². The number of amides is 1. The highest BCUT2D eigenvalue weighted by Gasteiger charge is 2.38. The molecular weight excluding hydrogens is 286 g/mol. The Bertz CT molecular complexity index is 517. The average molecular weight is 311 g/mol. The van der Waals surface area contributed by atoms with Crippen LogP contribution in [0, 0.1) is 6.92 Å². The van der Waals surface area contributed by atoms with Crippen LogP contribution in [0.25, 0.3) is 0 Å². The van der Waals surface area contributed by atoms with Crippen molar-refractivity contribution in [1.82, 2.24) is 15.1 Å². The second kappa shape index (κ2) is 7.21. The molecule has 1 aromatic rings. The Morgan fingerprint density at radius 1 is 1.41 bits per heavy atom. The summed E-state index contributed by atoms with van der Waals surface area (Å²) >= 11 is 0. The molecule has 1 aliphatic heterocycles. The van der Waals surface area contributed by atoms with Gasteiger partial charge in [-0.15, -0.1) is 0 Å². The number of aromatic amines is 1. The van der Waals surface area contributed by atoms with Gasteiger partial charge in [0, 0.05) is 17.8 Å². The molecule has 0 bridgehead atoms. The number of aliphatic hydroxyl groups is 2. The Balaban J connectivity index is 2.26. The molecule has 0 spiro atoms. The first-order valence-electron chi connectivity index (χ1n) is 7.79. The van der Waals surface area contributed by atoms with E-state index < -0.39 is 18.2 Å². The monoisotopic (exact) mass is 311 g/mol. The van der Waals surface area contributed by atoms with Crippen molar-refractivity contribution in [3.63, 3.8) is 0 Å². The van der Waals surface area contributed by atoms with Gasteiger partial charge in [0.1, 0.15) is 12.2 Å². The first-order valence-corrected chi connectivity index (χ1v) is 7.79. The maximum Gasteiger partial charge on any atom is 0.275 e. The number of carbonyl (C=O) groups excluding carboxylic acids is 1. The molecule has 3 atom stereocenters. The van der Waals surface area contributed by atoms with Crippen LogP contribution in [0.2, 0.25) is 0 Å². The predicted octanol–water partition coefficient (Wildman–Crippen LogP) is 0.253. The molecule has 0 aliphatic carbocycles. The Kier molecular flexibility index (Phi) is 5.55. The largest absolute Gasteiger partial charge is 0.388 e. The molecule has 1 fully saturated rings. The summed E-state index contributed by atoms with van der Waals surface area (Å²) in [4.78, 5) is 14.4. The number of hydrogen-bond acceptors (Lipinski definition) is 5. The highest BCUT2D eigenvalue weighted by atomic mass is 16.5. The van der Waals surface area contributed by atoms with E-state index in [1.807, 2.05) is 20.8 Å². The van der Waals surface area contributed by atoms with Gasteiger partial charge in [-0.1, -0.05) is 13.8 Å². The summed E-state index contributed by atoms with van der Waals surface area (Å²) in [6, 6.07) is -0.558. The quantitative estimate of drug-likeness (QED) is 0.724.